The fourth-order valence-corrected chi connectivity index (χ4v) is 3.64. The molecule has 9 heteroatoms. The molecule has 0 fully saturated rings. The van der Waals surface area contributed by atoms with E-state index < -0.39 is 0 Å². The molecule has 26 heavy (non-hydrogen) atoms. The molecular weight excluding hydrogens is 374 g/mol. The normalized spacial score (nSPS) is 10.6. The second-order valence-corrected chi connectivity index (χ2v) is 6.76. The van der Waals surface area contributed by atoms with Crippen LogP contribution in [0.4, 0.5) is 11.9 Å². The van der Waals surface area contributed by atoms with Crippen molar-refractivity contribution in [3.05, 3.63) is 47.0 Å². The average Bonchev–Trinajstić information content (AvgIpc) is 3.06. The maximum Gasteiger partial charge on any atom is 0.243 e. The molecule has 0 saturated heterocycles. The third-order valence-electron chi connectivity index (χ3n) is 3.58. The van der Waals surface area contributed by atoms with Crippen LogP contribution in [-0.2, 0) is 6.54 Å². The van der Waals surface area contributed by atoms with E-state index in [4.69, 9.17) is 26.8 Å². The van der Waals surface area contributed by atoms with Crippen molar-refractivity contribution in [2.75, 3.05) is 25.3 Å². The Morgan fingerprint density at radius 3 is 2.69 bits per heavy atom. The number of aromatic amines is 1. The van der Waals surface area contributed by atoms with Gasteiger partial charge in [-0.2, -0.15) is 4.98 Å². The van der Waals surface area contributed by atoms with Gasteiger partial charge in [-0.1, -0.05) is 29.4 Å². The van der Waals surface area contributed by atoms with Gasteiger partial charge in [0.2, 0.25) is 11.9 Å². The summed E-state index contributed by atoms with van der Waals surface area (Å²) >= 11 is 7.99. The lowest BCUT2D eigenvalue weighted by Gasteiger charge is -2.13. The number of ether oxygens (including phenoxy) is 2. The van der Waals surface area contributed by atoms with Crippen LogP contribution in [0.25, 0.3) is 0 Å². The number of hydrogen-bond acceptors (Lipinski definition) is 7. The van der Waals surface area contributed by atoms with Gasteiger partial charge in [0.1, 0.15) is 0 Å². The summed E-state index contributed by atoms with van der Waals surface area (Å²) in [5.74, 6) is 2.04. The van der Waals surface area contributed by atoms with Crippen LogP contribution in [-0.4, -0.2) is 29.4 Å². The number of nitrogens with one attached hydrogen (secondary N) is 2. The molecule has 0 radical (unpaired) electrons. The number of benzene rings is 2. The maximum absolute atomic E-state index is 6.40. The third kappa shape index (κ3) is 4.14. The number of halogens is 1. The summed E-state index contributed by atoms with van der Waals surface area (Å²) in [5, 5.41) is 10.3. The van der Waals surface area contributed by atoms with Crippen molar-refractivity contribution < 1.29 is 9.47 Å². The third-order valence-corrected chi connectivity index (χ3v) is 5.03. The zero-order valence-electron chi connectivity index (χ0n) is 14.2. The summed E-state index contributed by atoms with van der Waals surface area (Å²) in [6.45, 7) is 0.465. The molecule has 3 rings (SSSR count). The summed E-state index contributed by atoms with van der Waals surface area (Å²) in [4.78, 5) is 6.05. The summed E-state index contributed by atoms with van der Waals surface area (Å²) < 4.78 is 10.6. The predicted molar refractivity (Wildman–Crippen MR) is 103 cm³/mol. The molecule has 0 saturated carbocycles. The van der Waals surface area contributed by atoms with Crippen LogP contribution < -0.4 is 20.5 Å². The molecule has 0 unspecified atom stereocenters. The van der Waals surface area contributed by atoms with Gasteiger partial charge in [0.15, 0.2) is 11.5 Å². The number of aromatic nitrogens is 3. The first-order valence-corrected chi connectivity index (χ1v) is 8.89. The largest absolute Gasteiger partial charge is 0.493 e. The van der Waals surface area contributed by atoms with Crippen molar-refractivity contribution in [1.82, 2.24) is 15.2 Å². The molecule has 1 heterocycles. The molecule has 0 bridgehead atoms. The van der Waals surface area contributed by atoms with Gasteiger partial charge in [0, 0.05) is 26.9 Å². The molecule has 0 spiro atoms. The quantitative estimate of drug-likeness (QED) is 0.563. The first-order valence-electron chi connectivity index (χ1n) is 7.69. The van der Waals surface area contributed by atoms with E-state index in [0.29, 0.717) is 29.0 Å². The Morgan fingerprint density at radius 1 is 1.19 bits per heavy atom. The first-order chi connectivity index (χ1) is 12.6. The highest BCUT2D eigenvalue weighted by atomic mass is 35.5. The fourth-order valence-electron chi connectivity index (χ4n) is 2.33. The second kappa shape index (κ2) is 8.20. The van der Waals surface area contributed by atoms with Crippen LogP contribution in [0.15, 0.2) is 46.2 Å². The molecule has 0 amide bonds. The lowest BCUT2D eigenvalue weighted by molar-refractivity contribution is 0.354. The topological polar surface area (TPSA) is 98.1 Å². The zero-order valence-corrected chi connectivity index (χ0v) is 15.8. The summed E-state index contributed by atoms with van der Waals surface area (Å²) in [5.41, 5.74) is 6.48. The van der Waals surface area contributed by atoms with Gasteiger partial charge in [-0.25, -0.2) is 5.10 Å². The Kier molecular flexibility index (Phi) is 5.75. The standard InChI is InChI=1S/C17H18ClN5O2S/c1-24-13-7-6-10(8-14(13)25-2)26-15-5-3-4-12(18)11(15)9-20-17-21-16(19)22-23-17/h3-8H,9H2,1-2H3,(H4,19,20,21,22,23). The minimum Gasteiger partial charge on any atom is -0.493 e. The Bertz CT molecular complexity index is 903. The van der Waals surface area contributed by atoms with E-state index >= 15 is 0 Å². The summed E-state index contributed by atoms with van der Waals surface area (Å²) in [6, 6.07) is 11.6. The van der Waals surface area contributed by atoms with Crippen molar-refractivity contribution in [2.45, 2.75) is 16.3 Å². The molecule has 1 aromatic heterocycles. The molecule has 136 valence electrons. The maximum atomic E-state index is 6.40. The van der Waals surface area contributed by atoms with Gasteiger partial charge in [0.25, 0.3) is 0 Å². The van der Waals surface area contributed by atoms with E-state index in [1.54, 1.807) is 26.0 Å². The number of hydrogen-bond donors (Lipinski definition) is 3. The van der Waals surface area contributed by atoms with Crippen LogP contribution in [0, 0.1) is 0 Å². The first kappa shape index (κ1) is 18.2. The minimum absolute atomic E-state index is 0.256. The Labute approximate surface area is 160 Å². The van der Waals surface area contributed by atoms with Gasteiger partial charge >= 0.3 is 0 Å². The van der Waals surface area contributed by atoms with Crippen LogP contribution >= 0.6 is 23.4 Å². The second-order valence-electron chi connectivity index (χ2n) is 5.23. The van der Waals surface area contributed by atoms with Gasteiger partial charge in [-0.3, -0.25) is 0 Å². The zero-order chi connectivity index (χ0) is 18.5. The van der Waals surface area contributed by atoms with Gasteiger partial charge < -0.3 is 20.5 Å². The van der Waals surface area contributed by atoms with E-state index in [1.807, 2.05) is 36.4 Å². The van der Waals surface area contributed by atoms with Gasteiger partial charge in [-0.15, -0.1) is 5.10 Å². The van der Waals surface area contributed by atoms with Crippen molar-refractivity contribution in [3.8, 4) is 11.5 Å². The van der Waals surface area contributed by atoms with E-state index in [1.165, 1.54) is 0 Å². The lowest BCUT2D eigenvalue weighted by Crippen LogP contribution is -2.03. The predicted octanol–water partition coefficient (Wildman–Crippen LogP) is 3.82. The van der Waals surface area contributed by atoms with E-state index in [9.17, 15) is 0 Å². The number of methoxy groups -OCH3 is 2. The van der Waals surface area contributed by atoms with Crippen molar-refractivity contribution in [1.29, 1.82) is 0 Å². The molecule has 2 aromatic carbocycles. The highest BCUT2D eigenvalue weighted by Gasteiger charge is 2.12. The molecule has 0 atom stereocenters. The molecule has 0 aliphatic rings. The van der Waals surface area contributed by atoms with Crippen LogP contribution in [0.2, 0.25) is 5.02 Å². The van der Waals surface area contributed by atoms with E-state index in [2.05, 4.69) is 20.5 Å². The molecule has 0 aliphatic heterocycles. The minimum atomic E-state index is 0.256. The number of H-pyrrole nitrogens is 1. The van der Waals surface area contributed by atoms with E-state index in [0.717, 1.165) is 15.4 Å². The lowest BCUT2D eigenvalue weighted by atomic mass is 10.2. The smallest absolute Gasteiger partial charge is 0.243 e. The SMILES string of the molecule is COc1ccc(Sc2cccc(Cl)c2CNc2n[nH]c(N)n2)cc1OC. The monoisotopic (exact) mass is 391 g/mol. The number of nitrogens with zero attached hydrogens (tertiary/aromatic N) is 2. The number of anilines is 2. The van der Waals surface area contributed by atoms with Gasteiger partial charge in [-0.05, 0) is 30.3 Å². The average molecular weight is 392 g/mol. The highest BCUT2D eigenvalue weighted by Crippen LogP contribution is 2.38. The molecule has 4 N–H and O–H groups in total. The Balaban J connectivity index is 1.82. The Morgan fingerprint density at radius 2 is 2.00 bits per heavy atom. The molecular formula is C17H18ClN5O2S. The summed E-state index contributed by atoms with van der Waals surface area (Å²) in [6.07, 6.45) is 0. The Hall–Kier alpha value is -2.58. The fraction of sp³-hybridized carbons (Fsp3) is 0.176. The number of nitrogen functional groups attached to an aromatic ring is 1. The van der Waals surface area contributed by atoms with Crippen LogP contribution in [0.5, 0.6) is 11.5 Å². The van der Waals surface area contributed by atoms with Crippen molar-refractivity contribution in [3.63, 3.8) is 0 Å². The number of nitrogens with two attached hydrogens (primary N) is 1. The van der Waals surface area contributed by atoms with Crippen molar-refractivity contribution >= 4 is 35.3 Å². The van der Waals surface area contributed by atoms with Crippen LogP contribution in [0.3, 0.4) is 0 Å². The summed E-state index contributed by atoms with van der Waals surface area (Å²) in [7, 11) is 3.23. The molecule has 7 nitrogen and oxygen atoms in total. The van der Waals surface area contributed by atoms with E-state index in [-0.39, 0.29) is 5.95 Å². The van der Waals surface area contributed by atoms with Crippen LogP contribution in [0.1, 0.15) is 5.56 Å². The number of rotatable bonds is 7. The van der Waals surface area contributed by atoms with Gasteiger partial charge in [0.05, 0.1) is 14.2 Å². The molecule has 0 aliphatic carbocycles. The van der Waals surface area contributed by atoms with Crippen molar-refractivity contribution in [2.24, 2.45) is 0 Å². The molecule has 3 aromatic rings. The highest BCUT2D eigenvalue weighted by molar-refractivity contribution is 7.99.